The van der Waals surface area contributed by atoms with Crippen LogP contribution in [0.4, 0.5) is 10.6 Å². The molecule has 7 nitrogen and oxygen atoms in total. The number of aryl methyl sites for hydroxylation is 1. The van der Waals surface area contributed by atoms with Gasteiger partial charge in [-0.05, 0) is 52.2 Å². The van der Waals surface area contributed by atoms with Crippen molar-refractivity contribution in [2.75, 3.05) is 31.6 Å². The Bertz CT molecular complexity index is 640. The van der Waals surface area contributed by atoms with Gasteiger partial charge in [-0.3, -0.25) is 9.69 Å². The van der Waals surface area contributed by atoms with Gasteiger partial charge in [0.2, 0.25) is 0 Å². The second-order valence-electron chi connectivity index (χ2n) is 7.30. The quantitative estimate of drug-likeness (QED) is 0.783. The van der Waals surface area contributed by atoms with E-state index >= 15 is 0 Å². The number of amides is 1. The lowest BCUT2D eigenvalue weighted by Crippen LogP contribution is -2.41. The van der Waals surface area contributed by atoms with Gasteiger partial charge in [-0.1, -0.05) is 6.07 Å². The molecule has 0 aliphatic carbocycles. The van der Waals surface area contributed by atoms with Crippen LogP contribution < -0.4 is 5.32 Å². The molecule has 144 valence electrons. The highest BCUT2D eigenvalue weighted by Crippen LogP contribution is 2.20. The van der Waals surface area contributed by atoms with Crippen LogP contribution in [0.2, 0.25) is 0 Å². The number of hydrogen-bond donors (Lipinski definition) is 1. The molecule has 0 saturated carbocycles. The third kappa shape index (κ3) is 6.20. The van der Waals surface area contributed by atoms with Crippen LogP contribution in [0.3, 0.4) is 0 Å². The zero-order valence-corrected chi connectivity index (χ0v) is 16.1. The lowest BCUT2D eigenvalue weighted by atomic mass is 10.1. The summed E-state index contributed by atoms with van der Waals surface area (Å²) >= 11 is 0. The van der Waals surface area contributed by atoms with Gasteiger partial charge in [-0.15, -0.1) is 0 Å². The zero-order valence-electron chi connectivity index (χ0n) is 16.1. The van der Waals surface area contributed by atoms with Crippen LogP contribution in [0.5, 0.6) is 0 Å². The smallest absolute Gasteiger partial charge is 0.410 e. The summed E-state index contributed by atoms with van der Waals surface area (Å²) in [5.41, 5.74) is 1.46. The van der Waals surface area contributed by atoms with Crippen LogP contribution >= 0.6 is 0 Å². The van der Waals surface area contributed by atoms with Gasteiger partial charge in [-0.25, -0.2) is 9.78 Å². The van der Waals surface area contributed by atoms with E-state index in [2.05, 4.69) is 16.4 Å². The number of ether oxygens (including phenoxy) is 2. The Hall–Kier alpha value is -2.31. The van der Waals surface area contributed by atoms with Crippen molar-refractivity contribution in [2.45, 2.75) is 52.6 Å². The molecule has 0 radical (unpaired) electrons. The summed E-state index contributed by atoms with van der Waals surface area (Å²) in [6, 6.07) is 4.05. The van der Waals surface area contributed by atoms with Crippen molar-refractivity contribution in [3.8, 4) is 0 Å². The number of esters is 1. The van der Waals surface area contributed by atoms with Crippen LogP contribution in [0.1, 0.15) is 45.4 Å². The van der Waals surface area contributed by atoms with Gasteiger partial charge in [0.25, 0.3) is 0 Å². The summed E-state index contributed by atoms with van der Waals surface area (Å²) in [7, 11) is 0. The van der Waals surface area contributed by atoms with Crippen LogP contribution in [0, 0.1) is 0 Å². The first-order valence-electron chi connectivity index (χ1n) is 9.14. The second kappa shape index (κ2) is 8.87. The number of pyridine rings is 1. The van der Waals surface area contributed by atoms with Crippen LogP contribution in [-0.2, 0) is 27.1 Å². The molecule has 0 atom stereocenters. The number of carbonyl (C=O) groups excluding carboxylic acids is 2. The predicted octanol–water partition coefficient (Wildman–Crippen LogP) is 2.78. The van der Waals surface area contributed by atoms with Crippen LogP contribution in [0.15, 0.2) is 12.1 Å². The van der Waals surface area contributed by atoms with Crippen molar-refractivity contribution in [2.24, 2.45) is 0 Å². The fraction of sp³-hybridized carbons (Fsp3) is 0.632. The molecule has 1 aromatic heterocycles. The largest absolute Gasteiger partial charge is 0.465 e. The first-order chi connectivity index (χ1) is 12.3. The lowest BCUT2D eigenvalue weighted by molar-refractivity contribution is -0.144. The molecule has 0 unspecified atom stereocenters. The third-order valence-electron chi connectivity index (χ3n) is 3.87. The molecule has 1 aliphatic rings. The summed E-state index contributed by atoms with van der Waals surface area (Å²) in [6.45, 7) is 8.53. The van der Waals surface area contributed by atoms with E-state index in [0.29, 0.717) is 13.0 Å². The van der Waals surface area contributed by atoms with Crippen molar-refractivity contribution in [1.29, 1.82) is 0 Å². The average molecular weight is 363 g/mol. The van der Waals surface area contributed by atoms with Crippen molar-refractivity contribution < 1.29 is 19.1 Å². The molecule has 0 aromatic carbocycles. The fourth-order valence-electron chi connectivity index (χ4n) is 2.68. The Morgan fingerprint density at radius 2 is 2.08 bits per heavy atom. The highest BCUT2D eigenvalue weighted by atomic mass is 16.6. The first-order valence-corrected chi connectivity index (χ1v) is 9.14. The monoisotopic (exact) mass is 363 g/mol. The topological polar surface area (TPSA) is 80.8 Å². The number of nitrogens with one attached hydrogen (secondary N) is 1. The van der Waals surface area contributed by atoms with E-state index in [4.69, 9.17) is 9.47 Å². The van der Waals surface area contributed by atoms with Crippen molar-refractivity contribution in [1.82, 2.24) is 9.88 Å². The van der Waals surface area contributed by atoms with E-state index in [9.17, 15) is 9.59 Å². The highest BCUT2D eigenvalue weighted by Gasteiger charge is 2.24. The van der Waals surface area contributed by atoms with Crippen LogP contribution in [-0.4, -0.2) is 53.8 Å². The molecule has 0 spiro atoms. The van der Waals surface area contributed by atoms with Gasteiger partial charge < -0.3 is 14.8 Å². The summed E-state index contributed by atoms with van der Waals surface area (Å²) in [6.07, 6.45) is 2.15. The van der Waals surface area contributed by atoms with Crippen LogP contribution in [0.25, 0.3) is 0 Å². The number of hydrogen-bond acceptors (Lipinski definition) is 6. The van der Waals surface area contributed by atoms with E-state index in [1.165, 1.54) is 10.5 Å². The Balaban J connectivity index is 2.03. The average Bonchev–Trinajstić information content (AvgIpc) is 2.57. The highest BCUT2D eigenvalue weighted by molar-refractivity contribution is 5.78. The minimum Gasteiger partial charge on any atom is -0.465 e. The number of rotatable bonds is 6. The van der Waals surface area contributed by atoms with Gasteiger partial charge in [-0.2, -0.15) is 0 Å². The molecule has 1 amide bonds. The molecule has 2 rings (SSSR count). The van der Waals surface area contributed by atoms with E-state index in [1.807, 2.05) is 6.07 Å². The predicted molar refractivity (Wildman–Crippen MR) is 99.2 cm³/mol. The Morgan fingerprint density at radius 1 is 1.31 bits per heavy atom. The standard InChI is InChI=1S/C19H29N3O4/c1-5-25-16(23)13-22(18(24)26-19(2,3)4)12-10-15-9-8-14-7-6-11-20-17(14)21-15/h8-9H,5-7,10-13H2,1-4H3,(H,20,21). The molecule has 0 saturated heterocycles. The van der Waals surface area contributed by atoms with Gasteiger partial charge in [0.05, 0.1) is 6.61 Å². The molecule has 1 aromatic rings. The maximum absolute atomic E-state index is 12.4. The van der Waals surface area contributed by atoms with Gasteiger partial charge in [0, 0.05) is 25.2 Å². The normalized spacial score (nSPS) is 13.4. The number of nitrogens with zero attached hydrogens (tertiary/aromatic N) is 2. The van der Waals surface area contributed by atoms with E-state index in [1.54, 1.807) is 27.7 Å². The first kappa shape index (κ1) is 20.0. The number of aromatic nitrogens is 1. The Labute approximate surface area is 155 Å². The maximum atomic E-state index is 12.4. The Kier molecular flexibility index (Phi) is 6.83. The lowest BCUT2D eigenvalue weighted by Gasteiger charge is -2.27. The summed E-state index contributed by atoms with van der Waals surface area (Å²) in [4.78, 5) is 30.2. The second-order valence-corrected chi connectivity index (χ2v) is 7.30. The maximum Gasteiger partial charge on any atom is 0.410 e. The van der Waals surface area contributed by atoms with Crippen molar-refractivity contribution in [3.63, 3.8) is 0 Å². The summed E-state index contributed by atoms with van der Waals surface area (Å²) in [5, 5.41) is 3.30. The molecule has 26 heavy (non-hydrogen) atoms. The molecule has 0 fully saturated rings. The summed E-state index contributed by atoms with van der Waals surface area (Å²) < 4.78 is 10.4. The number of fused-ring (bicyclic) bond motifs is 1. The zero-order chi connectivity index (χ0) is 19.2. The third-order valence-corrected chi connectivity index (χ3v) is 3.87. The molecule has 1 N–H and O–H groups in total. The number of anilines is 1. The molecule has 0 bridgehead atoms. The Morgan fingerprint density at radius 3 is 2.77 bits per heavy atom. The summed E-state index contributed by atoms with van der Waals surface area (Å²) in [5.74, 6) is 0.474. The minimum absolute atomic E-state index is 0.133. The molecular weight excluding hydrogens is 334 g/mol. The van der Waals surface area contributed by atoms with Crippen molar-refractivity contribution >= 4 is 17.9 Å². The fourth-order valence-corrected chi connectivity index (χ4v) is 2.68. The molecule has 2 heterocycles. The molecule has 1 aliphatic heterocycles. The van der Waals surface area contributed by atoms with E-state index in [0.717, 1.165) is 30.9 Å². The SMILES string of the molecule is CCOC(=O)CN(CCc1ccc2c(n1)NCCC2)C(=O)OC(C)(C)C. The molecule has 7 heteroatoms. The minimum atomic E-state index is -0.627. The van der Waals surface area contributed by atoms with Gasteiger partial charge >= 0.3 is 12.1 Å². The van der Waals surface area contributed by atoms with E-state index in [-0.39, 0.29) is 13.2 Å². The van der Waals surface area contributed by atoms with Crippen molar-refractivity contribution in [3.05, 3.63) is 23.4 Å². The van der Waals surface area contributed by atoms with Gasteiger partial charge in [0.1, 0.15) is 18.0 Å². The number of carbonyl (C=O) groups is 2. The molecular formula is C19H29N3O4. The van der Waals surface area contributed by atoms with Gasteiger partial charge in [0.15, 0.2) is 0 Å². The van der Waals surface area contributed by atoms with E-state index < -0.39 is 17.7 Å².